The summed E-state index contributed by atoms with van der Waals surface area (Å²) in [6.07, 6.45) is 7.49. The molecule has 11 heteroatoms. The van der Waals surface area contributed by atoms with Gasteiger partial charge in [-0.25, -0.2) is 20.3 Å². The molecule has 8 nitrogen and oxygen atoms in total. The number of allylic oxidation sites excluding steroid dienone is 2. The van der Waals surface area contributed by atoms with Gasteiger partial charge in [-0.05, 0) is 67.9 Å². The average molecular weight is 669 g/mol. The Labute approximate surface area is 283 Å². The first-order valence-electron chi connectivity index (χ1n) is 16.4. The van der Waals surface area contributed by atoms with Crippen molar-refractivity contribution < 1.29 is 18.3 Å². The number of carbonyl (C=O) groups is 1. The van der Waals surface area contributed by atoms with Crippen LogP contribution in [0.2, 0.25) is 5.02 Å². The first-order chi connectivity index (χ1) is 23.2. The number of hydrogen-bond acceptors (Lipinski definition) is 6. The molecule has 3 saturated heterocycles. The van der Waals surface area contributed by atoms with Crippen molar-refractivity contribution in [3.8, 4) is 6.07 Å². The third kappa shape index (κ3) is 5.47. The summed E-state index contributed by atoms with van der Waals surface area (Å²) in [5, 5.41) is 12.8. The topological polar surface area (TPSA) is 76.5 Å². The van der Waals surface area contributed by atoms with Gasteiger partial charge in [0.2, 0.25) is 12.4 Å². The number of fused-ring (bicyclic) bond motifs is 3. The zero-order valence-corrected chi connectivity index (χ0v) is 27.2. The molecule has 2 aromatic carbocycles. The van der Waals surface area contributed by atoms with E-state index in [2.05, 4.69) is 22.4 Å². The SMILES string of the molecule is [C-]#[N+]C[C@H]1CN(C2=C(C#N)C(OCC34CCCN3CCC4)=NC3C=C(c4cccc5cccc(Cl)c45)C(F)=CC23)CCN1C(=O)C(=C)F. The molecule has 1 aliphatic carbocycles. The molecule has 1 amide bonds. The maximum Gasteiger partial charge on any atom is 0.282 e. The van der Waals surface area contributed by atoms with Crippen LogP contribution in [0, 0.1) is 23.8 Å². The van der Waals surface area contributed by atoms with Gasteiger partial charge in [0, 0.05) is 47.2 Å². The predicted octanol–water partition coefficient (Wildman–Crippen LogP) is 6.48. The van der Waals surface area contributed by atoms with Crippen molar-refractivity contribution in [2.24, 2.45) is 10.9 Å². The number of ether oxygens (including phenoxy) is 1. The van der Waals surface area contributed by atoms with Gasteiger partial charge in [0.1, 0.15) is 30.1 Å². The molecule has 0 radical (unpaired) electrons. The fraction of sp³-hybridized carbons (Fsp3) is 0.405. The van der Waals surface area contributed by atoms with E-state index in [0.717, 1.165) is 49.5 Å². The maximum absolute atomic E-state index is 16.4. The third-order valence-corrected chi connectivity index (χ3v) is 10.8. The molecule has 48 heavy (non-hydrogen) atoms. The number of carbonyl (C=O) groups excluding carboxylic acids is 1. The number of aliphatic imine (C=N–C) groups is 1. The lowest BCUT2D eigenvalue weighted by atomic mass is 9.81. The molecule has 3 fully saturated rings. The zero-order valence-electron chi connectivity index (χ0n) is 26.5. The number of amides is 1. The fourth-order valence-corrected chi connectivity index (χ4v) is 8.56. The Morgan fingerprint density at radius 3 is 2.62 bits per heavy atom. The predicted molar refractivity (Wildman–Crippen MR) is 181 cm³/mol. The van der Waals surface area contributed by atoms with Crippen LogP contribution in [-0.2, 0) is 9.53 Å². The van der Waals surface area contributed by atoms with Crippen LogP contribution in [0.3, 0.4) is 0 Å². The minimum atomic E-state index is -1.09. The summed E-state index contributed by atoms with van der Waals surface area (Å²) in [4.78, 5) is 26.8. The summed E-state index contributed by atoms with van der Waals surface area (Å²) in [6, 6.07) is 12.3. The number of halogens is 3. The Balaban J connectivity index is 1.30. The van der Waals surface area contributed by atoms with E-state index in [-0.39, 0.29) is 43.2 Å². The summed E-state index contributed by atoms with van der Waals surface area (Å²) in [6.45, 7) is 13.5. The highest BCUT2D eigenvalue weighted by atomic mass is 35.5. The molecule has 7 rings (SSSR count). The monoisotopic (exact) mass is 668 g/mol. The minimum absolute atomic E-state index is 0.0648. The molecule has 2 unspecified atom stereocenters. The fourth-order valence-electron chi connectivity index (χ4n) is 8.28. The van der Waals surface area contributed by atoms with Crippen LogP contribution in [0.5, 0.6) is 0 Å². The van der Waals surface area contributed by atoms with Gasteiger partial charge in [-0.15, -0.1) is 0 Å². The van der Waals surface area contributed by atoms with Crippen molar-refractivity contribution in [1.82, 2.24) is 14.7 Å². The molecule has 4 aliphatic heterocycles. The molecule has 0 N–H and O–H groups in total. The van der Waals surface area contributed by atoms with Crippen LogP contribution in [-0.4, -0.2) is 90.0 Å². The first-order valence-corrected chi connectivity index (χ1v) is 16.7. The molecule has 5 aliphatic rings. The second kappa shape index (κ2) is 12.8. The maximum atomic E-state index is 16.4. The van der Waals surface area contributed by atoms with Gasteiger partial charge in [0.15, 0.2) is 5.83 Å². The number of rotatable bonds is 6. The Kier molecular flexibility index (Phi) is 8.57. The molecule has 2 aromatic rings. The second-order valence-electron chi connectivity index (χ2n) is 13.1. The summed E-state index contributed by atoms with van der Waals surface area (Å²) in [5.41, 5.74) is 1.64. The standard InChI is InChI=1S/C37H35ClF2N6O2/c1-23(39)36(47)46-16-15-44(21-25(46)20-42-2)34-28-17-31(40)27(26-9-3-7-24-8-4-10-30(38)33(24)26)18-32(28)43-35(29(34)19-41)48-22-37-11-5-13-45(37)14-6-12-37/h3-4,7-10,17-18,25,28,32H,1,5-6,11-16,20-22H2/t25-,28?,32?/m0/s1. The van der Waals surface area contributed by atoms with E-state index in [0.29, 0.717) is 28.5 Å². The molecule has 4 heterocycles. The van der Waals surface area contributed by atoms with Crippen molar-refractivity contribution in [3.63, 3.8) is 0 Å². The number of hydrogen-bond donors (Lipinski definition) is 0. The number of nitrogens with zero attached hydrogens (tertiary/aromatic N) is 6. The van der Waals surface area contributed by atoms with Gasteiger partial charge in [-0.3, -0.25) is 9.69 Å². The van der Waals surface area contributed by atoms with Crippen molar-refractivity contribution in [3.05, 3.63) is 100 Å². The Morgan fingerprint density at radius 1 is 1.17 bits per heavy atom. The molecule has 0 aromatic heterocycles. The molecule has 3 atom stereocenters. The van der Waals surface area contributed by atoms with Crippen LogP contribution in [0.1, 0.15) is 31.2 Å². The number of benzene rings is 2. The molecule has 246 valence electrons. The highest BCUT2D eigenvalue weighted by Gasteiger charge is 2.47. The van der Waals surface area contributed by atoms with E-state index in [9.17, 15) is 14.4 Å². The van der Waals surface area contributed by atoms with Gasteiger partial charge < -0.3 is 19.4 Å². The summed E-state index contributed by atoms with van der Waals surface area (Å²) < 4.78 is 36.9. The van der Waals surface area contributed by atoms with E-state index in [1.807, 2.05) is 35.2 Å². The second-order valence-corrected chi connectivity index (χ2v) is 13.5. The zero-order chi connectivity index (χ0) is 33.6. The summed E-state index contributed by atoms with van der Waals surface area (Å²) >= 11 is 6.64. The van der Waals surface area contributed by atoms with Crippen molar-refractivity contribution in [1.29, 1.82) is 5.26 Å². The Bertz CT molecular complexity index is 1890. The Morgan fingerprint density at radius 2 is 1.92 bits per heavy atom. The van der Waals surface area contributed by atoms with E-state index < -0.39 is 35.6 Å². The van der Waals surface area contributed by atoms with E-state index >= 15 is 4.39 Å². The number of nitriles is 1. The lowest BCUT2D eigenvalue weighted by molar-refractivity contribution is -0.132. The highest BCUT2D eigenvalue weighted by molar-refractivity contribution is 6.36. The largest absolute Gasteiger partial charge is 0.475 e. The Hall–Kier alpha value is -4.51. The van der Waals surface area contributed by atoms with Crippen molar-refractivity contribution in [2.45, 2.75) is 43.3 Å². The van der Waals surface area contributed by atoms with Gasteiger partial charge >= 0.3 is 0 Å². The molecule has 0 bridgehead atoms. The van der Waals surface area contributed by atoms with E-state index in [1.54, 1.807) is 12.1 Å². The van der Waals surface area contributed by atoms with Crippen molar-refractivity contribution >= 4 is 39.8 Å². The average Bonchev–Trinajstić information content (AvgIpc) is 3.67. The number of piperazine rings is 1. The number of dihydropyridines is 1. The van der Waals surface area contributed by atoms with Crippen LogP contribution < -0.4 is 0 Å². The smallest absolute Gasteiger partial charge is 0.282 e. The van der Waals surface area contributed by atoms with Crippen LogP contribution in [0.4, 0.5) is 8.78 Å². The lowest BCUT2D eigenvalue weighted by Crippen LogP contribution is -2.57. The summed E-state index contributed by atoms with van der Waals surface area (Å²) in [5.74, 6) is -2.86. The molecule has 0 saturated carbocycles. The molecular formula is C37H35ClF2N6O2. The van der Waals surface area contributed by atoms with E-state index in [1.165, 1.54) is 11.0 Å². The van der Waals surface area contributed by atoms with Crippen molar-refractivity contribution in [2.75, 3.05) is 45.9 Å². The minimum Gasteiger partial charge on any atom is -0.475 e. The molecular weight excluding hydrogens is 634 g/mol. The van der Waals surface area contributed by atoms with E-state index in [4.69, 9.17) is 27.9 Å². The molecule has 0 spiro atoms. The first kappa shape index (κ1) is 32.1. The van der Waals surface area contributed by atoms with Crippen LogP contribution in [0.15, 0.2) is 83.0 Å². The normalized spacial score (nSPS) is 25.0. The van der Waals surface area contributed by atoms with Gasteiger partial charge in [-0.1, -0.05) is 48.5 Å². The van der Waals surface area contributed by atoms with Gasteiger partial charge in [0.05, 0.1) is 11.6 Å². The van der Waals surface area contributed by atoms with Gasteiger partial charge in [0.25, 0.3) is 5.91 Å². The summed E-state index contributed by atoms with van der Waals surface area (Å²) in [7, 11) is 0. The highest BCUT2D eigenvalue weighted by Crippen LogP contribution is 2.44. The van der Waals surface area contributed by atoms with Gasteiger partial charge in [-0.2, -0.15) is 5.26 Å². The quantitative estimate of drug-likeness (QED) is 0.260. The third-order valence-electron chi connectivity index (χ3n) is 10.5. The lowest BCUT2D eigenvalue weighted by Gasteiger charge is -2.44. The van der Waals surface area contributed by atoms with Crippen LogP contribution in [0.25, 0.3) is 21.2 Å². The van der Waals surface area contributed by atoms with Crippen LogP contribution >= 0.6 is 11.6 Å².